The summed E-state index contributed by atoms with van der Waals surface area (Å²) < 4.78 is 26.3. The standard InChI is InChI=1S/C17H28BFN2O2/c1-8-13-12(14(21-20-13)9-11(2)3)10-15(19)18-22-16(4,5)17(6,7)23-18/h10-11H,8-9H2,1-7H3,(H,20,21). The maximum absolute atomic E-state index is 14.8. The largest absolute Gasteiger partial charge is 0.525 e. The van der Waals surface area contributed by atoms with Crippen molar-refractivity contribution in [1.29, 1.82) is 0 Å². The molecule has 23 heavy (non-hydrogen) atoms. The third kappa shape index (κ3) is 3.69. The molecule has 0 spiro atoms. The number of aromatic amines is 1. The fraction of sp³-hybridized carbons (Fsp3) is 0.706. The number of hydrogen-bond donors (Lipinski definition) is 1. The maximum atomic E-state index is 14.8. The highest BCUT2D eigenvalue weighted by Crippen LogP contribution is 2.39. The normalized spacial score (nSPS) is 20.6. The lowest BCUT2D eigenvalue weighted by Crippen LogP contribution is -2.41. The van der Waals surface area contributed by atoms with Gasteiger partial charge in [-0.05, 0) is 52.5 Å². The summed E-state index contributed by atoms with van der Waals surface area (Å²) in [5.74, 6) is 0.465. The third-order valence-corrected chi connectivity index (χ3v) is 4.67. The molecule has 0 radical (unpaired) electrons. The number of aromatic nitrogens is 2. The lowest BCUT2D eigenvalue weighted by atomic mass is 9.86. The van der Waals surface area contributed by atoms with E-state index in [0.29, 0.717) is 5.92 Å². The molecule has 1 aliphatic rings. The van der Waals surface area contributed by atoms with Crippen LogP contribution in [0.2, 0.25) is 0 Å². The molecular formula is C17H28BFN2O2. The summed E-state index contributed by atoms with van der Waals surface area (Å²) in [5, 5.41) is 7.35. The van der Waals surface area contributed by atoms with Gasteiger partial charge in [0.2, 0.25) is 0 Å². The van der Waals surface area contributed by atoms with Crippen LogP contribution in [0, 0.1) is 5.92 Å². The molecule has 1 aliphatic heterocycles. The summed E-state index contributed by atoms with van der Waals surface area (Å²) in [6.45, 7) is 13.9. The molecule has 0 bridgehead atoms. The summed E-state index contributed by atoms with van der Waals surface area (Å²) in [6.07, 6.45) is 3.09. The van der Waals surface area contributed by atoms with Gasteiger partial charge in [-0.1, -0.05) is 20.8 Å². The average Bonchev–Trinajstić information content (AvgIpc) is 2.88. The van der Waals surface area contributed by atoms with Gasteiger partial charge >= 0.3 is 7.12 Å². The lowest BCUT2D eigenvalue weighted by Gasteiger charge is -2.32. The zero-order valence-electron chi connectivity index (χ0n) is 15.3. The van der Waals surface area contributed by atoms with Crippen molar-refractivity contribution in [2.24, 2.45) is 5.92 Å². The van der Waals surface area contributed by atoms with Crippen LogP contribution in [0.25, 0.3) is 6.08 Å². The molecule has 0 unspecified atom stereocenters. The van der Waals surface area contributed by atoms with Gasteiger partial charge in [0.1, 0.15) is 5.73 Å². The zero-order valence-corrected chi connectivity index (χ0v) is 15.3. The summed E-state index contributed by atoms with van der Waals surface area (Å²) >= 11 is 0. The number of halogens is 1. The number of aryl methyl sites for hydroxylation is 1. The van der Waals surface area contributed by atoms with Crippen molar-refractivity contribution >= 4 is 13.2 Å². The summed E-state index contributed by atoms with van der Waals surface area (Å²) in [4.78, 5) is 0. The topological polar surface area (TPSA) is 47.1 Å². The number of hydrogen-bond acceptors (Lipinski definition) is 3. The van der Waals surface area contributed by atoms with Crippen molar-refractivity contribution in [3.05, 3.63) is 22.7 Å². The zero-order chi connectivity index (χ0) is 17.4. The highest BCUT2D eigenvalue weighted by molar-refractivity contribution is 6.54. The molecule has 0 atom stereocenters. The fourth-order valence-electron chi connectivity index (χ4n) is 2.59. The molecule has 0 aliphatic carbocycles. The van der Waals surface area contributed by atoms with Gasteiger partial charge in [-0.25, -0.2) is 4.39 Å². The summed E-state index contributed by atoms with van der Waals surface area (Å²) in [5.41, 5.74) is 1.15. The SMILES string of the molecule is CCc1n[nH]c(CC(C)C)c1C=C(F)B1OC(C)(C)C(C)(C)O1. The van der Waals surface area contributed by atoms with Gasteiger partial charge in [-0.3, -0.25) is 5.10 Å². The Morgan fingerprint density at radius 3 is 2.30 bits per heavy atom. The van der Waals surface area contributed by atoms with Crippen LogP contribution in [0.3, 0.4) is 0 Å². The van der Waals surface area contributed by atoms with E-state index in [0.717, 1.165) is 29.8 Å². The van der Waals surface area contributed by atoms with Gasteiger partial charge in [0.15, 0.2) is 0 Å². The monoisotopic (exact) mass is 322 g/mol. The van der Waals surface area contributed by atoms with Gasteiger partial charge in [0, 0.05) is 11.3 Å². The summed E-state index contributed by atoms with van der Waals surface area (Å²) in [7, 11) is -0.966. The molecule has 0 saturated carbocycles. The fourth-order valence-corrected chi connectivity index (χ4v) is 2.59. The number of nitrogens with one attached hydrogen (secondary N) is 1. The first-order valence-electron chi connectivity index (χ1n) is 8.36. The van der Waals surface area contributed by atoms with E-state index in [1.807, 2.05) is 34.6 Å². The van der Waals surface area contributed by atoms with Crippen molar-refractivity contribution in [2.75, 3.05) is 0 Å². The first-order chi connectivity index (χ1) is 10.6. The minimum atomic E-state index is -0.966. The summed E-state index contributed by atoms with van der Waals surface area (Å²) in [6, 6.07) is 0. The molecule has 1 aromatic rings. The van der Waals surface area contributed by atoms with Crippen LogP contribution in [-0.4, -0.2) is 28.5 Å². The van der Waals surface area contributed by atoms with E-state index >= 15 is 0 Å². The molecule has 0 aromatic carbocycles. The van der Waals surface area contributed by atoms with Crippen LogP contribution in [-0.2, 0) is 22.2 Å². The number of rotatable bonds is 5. The van der Waals surface area contributed by atoms with Gasteiger partial charge in [-0.2, -0.15) is 5.10 Å². The van der Waals surface area contributed by atoms with E-state index in [1.165, 1.54) is 6.08 Å². The van der Waals surface area contributed by atoms with Crippen molar-refractivity contribution in [3.8, 4) is 0 Å². The highest BCUT2D eigenvalue weighted by Gasteiger charge is 2.53. The Labute approximate surface area is 139 Å². The van der Waals surface area contributed by atoms with E-state index < -0.39 is 24.0 Å². The molecule has 128 valence electrons. The van der Waals surface area contributed by atoms with Gasteiger partial charge < -0.3 is 9.31 Å². The molecule has 2 heterocycles. The molecule has 1 N–H and O–H groups in total. The van der Waals surface area contributed by atoms with Gasteiger partial charge in [0.25, 0.3) is 0 Å². The minimum Gasteiger partial charge on any atom is -0.398 e. The molecule has 1 fully saturated rings. The van der Waals surface area contributed by atoms with Crippen molar-refractivity contribution in [3.63, 3.8) is 0 Å². The first-order valence-corrected chi connectivity index (χ1v) is 8.36. The Balaban J connectivity index is 2.30. The minimum absolute atomic E-state index is 0.412. The van der Waals surface area contributed by atoms with Gasteiger partial charge in [-0.15, -0.1) is 0 Å². The Kier molecular flexibility index (Phi) is 5.07. The second kappa shape index (κ2) is 6.40. The molecule has 6 heteroatoms. The van der Waals surface area contributed by atoms with Crippen molar-refractivity contribution in [2.45, 2.75) is 72.5 Å². The molecule has 4 nitrogen and oxygen atoms in total. The third-order valence-electron chi connectivity index (χ3n) is 4.67. The van der Waals surface area contributed by atoms with Crippen molar-refractivity contribution in [1.82, 2.24) is 10.2 Å². The maximum Gasteiger partial charge on any atom is 0.525 e. The van der Waals surface area contributed by atoms with E-state index in [9.17, 15) is 4.39 Å². The van der Waals surface area contributed by atoms with Crippen LogP contribution in [0.1, 0.15) is 65.4 Å². The first kappa shape index (κ1) is 18.2. The van der Waals surface area contributed by atoms with E-state index in [4.69, 9.17) is 9.31 Å². The Hall–Kier alpha value is -1.14. The Morgan fingerprint density at radius 1 is 1.26 bits per heavy atom. The van der Waals surface area contributed by atoms with Crippen LogP contribution in [0.5, 0.6) is 0 Å². The lowest BCUT2D eigenvalue weighted by molar-refractivity contribution is 0.00578. The molecule has 0 amide bonds. The van der Waals surface area contributed by atoms with E-state index in [2.05, 4.69) is 24.0 Å². The Bertz CT molecular complexity index is 577. The quantitative estimate of drug-likeness (QED) is 0.830. The van der Waals surface area contributed by atoms with Gasteiger partial charge in [0.05, 0.1) is 16.9 Å². The Morgan fingerprint density at radius 2 is 1.83 bits per heavy atom. The second-order valence-corrected chi connectivity index (χ2v) is 7.63. The smallest absolute Gasteiger partial charge is 0.398 e. The predicted octanol–water partition coefficient (Wildman–Crippen LogP) is 4.11. The van der Waals surface area contributed by atoms with Crippen LogP contribution < -0.4 is 0 Å². The van der Waals surface area contributed by atoms with Crippen molar-refractivity contribution < 1.29 is 13.7 Å². The number of nitrogens with zero attached hydrogens (tertiary/aromatic N) is 1. The second-order valence-electron chi connectivity index (χ2n) is 7.63. The molecular weight excluding hydrogens is 294 g/mol. The van der Waals surface area contributed by atoms with Crippen LogP contribution in [0.4, 0.5) is 4.39 Å². The highest BCUT2D eigenvalue weighted by atomic mass is 19.1. The van der Waals surface area contributed by atoms with E-state index in [1.54, 1.807) is 0 Å². The van der Waals surface area contributed by atoms with Crippen LogP contribution in [0.15, 0.2) is 5.73 Å². The van der Waals surface area contributed by atoms with Crippen LogP contribution >= 0.6 is 0 Å². The molecule has 1 aromatic heterocycles. The average molecular weight is 322 g/mol. The predicted molar refractivity (Wildman–Crippen MR) is 91.7 cm³/mol. The molecule has 2 rings (SSSR count). The number of H-pyrrole nitrogens is 1. The molecule has 1 saturated heterocycles. The van der Waals surface area contributed by atoms with E-state index in [-0.39, 0.29) is 0 Å².